The summed E-state index contributed by atoms with van der Waals surface area (Å²) in [5, 5.41) is 0. The van der Waals surface area contributed by atoms with Crippen molar-refractivity contribution in [3.63, 3.8) is 0 Å². The molecule has 3 atom stereocenters. The summed E-state index contributed by atoms with van der Waals surface area (Å²) in [6.07, 6.45) is 11.9. The van der Waals surface area contributed by atoms with Crippen molar-refractivity contribution in [1.29, 1.82) is 0 Å². The van der Waals surface area contributed by atoms with Gasteiger partial charge in [0.15, 0.2) is 0 Å². The number of likely N-dealkylation sites (tertiary alicyclic amines) is 1. The molecular weight excluding hydrogens is 350 g/mol. The van der Waals surface area contributed by atoms with Crippen LogP contribution in [0, 0.1) is 10.8 Å². The van der Waals surface area contributed by atoms with E-state index in [1.807, 2.05) is 30.3 Å². The molecule has 2 spiro atoms. The maximum atomic E-state index is 13.3. The van der Waals surface area contributed by atoms with Gasteiger partial charge >= 0.3 is 6.09 Å². The number of piperidine rings is 1. The minimum Gasteiger partial charge on any atom is -0.445 e. The topological polar surface area (TPSA) is 38.8 Å². The number of hydrogen-bond donors (Lipinski definition) is 0. The van der Waals surface area contributed by atoms with Crippen LogP contribution >= 0.6 is 0 Å². The molecule has 4 nitrogen and oxygen atoms in total. The molecule has 148 valence electrons. The first-order valence-electron chi connectivity index (χ1n) is 10.6. The van der Waals surface area contributed by atoms with Gasteiger partial charge in [-0.15, -0.1) is 0 Å². The summed E-state index contributed by atoms with van der Waals surface area (Å²) < 4.78 is 11.8. The molecule has 1 aliphatic heterocycles. The predicted molar refractivity (Wildman–Crippen MR) is 108 cm³/mol. The van der Waals surface area contributed by atoms with E-state index in [9.17, 15) is 4.79 Å². The molecule has 3 aliphatic carbocycles. The molecule has 1 aromatic carbocycles. The van der Waals surface area contributed by atoms with Crippen LogP contribution in [0.1, 0.15) is 44.6 Å². The van der Waals surface area contributed by atoms with E-state index in [4.69, 9.17) is 9.47 Å². The predicted octanol–water partition coefficient (Wildman–Crippen LogP) is 4.86. The van der Waals surface area contributed by atoms with Crippen molar-refractivity contribution in [1.82, 2.24) is 4.90 Å². The molecule has 5 rings (SSSR count). The van der Waals surface area contributed by atoms with Gasteiger partial charge in [0.25, 0.3) is 0 Å². The third-order valence-electron chi connectivity index (χ3n) is 7.65. The van der Waals surface area contributed by atoms with Gasteiger partial charge in [-0.2, -0.15) is 0 Å². The molecule has 0 N–H and O–H groups in total. The van der Waals surface area contributed by atoms with Crippen LogP contribution in [0.5, 0.6) is 0 Å². The highest BCUT2D eigenvalue weighted by molar-refractivity contribution is 5.72. The van der Waals surface area contributed by atoms with Crippen molar-refractivity contribution < 1.29 is 14.3 Å². The standard InChI is InChI=1S/C24H29NO3/c1-2-27-18-22-12-8-14-25(21(26)28-16-19-9-4-3-5-10-19)24(22)17-23(24)13-7-6-11-20(23)15-22/h3-7,9-11H,2,8,12-18H2,1H3/t22-,23?,24-/m1/s1. The van der Waals surface area contributed by atoms with E-state index in [1.54, 1.807) is 0 Å². The van der Waals surface area contributed by atoms with Gasteiger partial charge < -0.3 is 14.4 Å². The second-order valence-electron chi connectivity index (χ2n) is 8.83. The zero-order valence-corrected chi connectivity index (χ0v) is 16.7. The molecule has 1 amide bonds. The zero-order chi connectivity index (χ0) is 19.2. The minimum absolute atomic E-state index is 0.0326. The van der Waals surface area contributed by atoms with Gasteiger partial charge in [0.2, 0.25) is 0 Å². The second kappa shape index (κ2) is 6.48. The summed E-state index contributed by atoms with van der Waals surface area (Å²) in [6.45, 7) is 4.65. The molecule has 3 fully saturated rings. The number of amides is 1. The molecule has 1 heterocycles. The summed E-state index contributed by atoms with van der Waals surface area (Å²) in [4.78, 5) is 15.4. The van der Waals surface area contributed by atoms with Gasteiger partial charge in [0, 0.05) is 24.0 Å². The Bertz CT molecular complexity index is 832. The fraction of sp³-hybridized carbons (Fsp3) is 0.542. The Morgan fingerprint density at radius 1 is 1.25 bits per heavy atom. The Labute approximate surface area is 167 Å². The lowest BCUT2D eigenvalue weighted by atomic mass is 9.71. The van der Waals surface area contributed by atoms with E-state index in [1.165, 1.54) is 5.57 Å². The van der Waals surface area contributed by atoms with Crippen LogP contribution in [0.2, 0.25) is 0 Å². The highest BCUT2D eigenvalue weighted by Crippen LogP contribution is 2.82. The van der Waals surface area contributed by atoms with Crippen molar-refractivity contribution in [2.75, 3.05) is 19.8 Å². The fourth-order valence-electron chi connectivity index (χ4n) is 6.48. The van der Waals surface area contributed by atoms with Gasteiger partial charge in [0.1, 0.15) is 6.61 Å². The van der Waals surface area contributed by atoms with Gasteiger partial charge in [-0.25, -0.2) is 4.79 Å². The van der Waals surface area contributed by atoms with Crippen LogP contribution in [-0.2, 0) is 16.1 Å². The monoisotopic (exact) mass is 379 g/mol. The van der Waals surface area contributed by atoms with Crippen molar-refractivity contribution >= 4 is 6.09 Å². The first-order valence-corrected chi connectivity index (χ1v) is 10.6. The number of allylic oxidation sites excluding steroid dienone is 3. The second-order valence-corrected chi connectivity index (χ2v) is 8.83. The summed E-state index contributed by atoms with van der Waals surface area (Å²) in [5.74, 6) is 0. The van der Waals surface area contributed by atoms with Crippen LogP contribution in [0.25, 0.3) is 0 Å². The molecule has 2 saturated carbocycles. The molecule has 28 heavy (non-hydrogen) atoms. The van der Waals surface area contributed by atoms with E-state index < -0.39 is 0 Å². The average molecular weight is 380 g/mol. The molecule has 0 radical (unpaired) electrons. The summed E-state index contributed by atoms with van der Waals surface area (Å²) in [5.41, 5.74) is 2.58. The Kier molecular flexibility index (Phi) is 4.16. The average Bonchev–Trinajstić information content (AvgIpc) is 3.31. The smallest absolute Gasteiger partial charge is 0.410 e. The van der Waals surface area contributed by atoms with Crippen LogP contribution in [0.4, 0.5) is 4.79 Å². The Morgan fingerprint density at radius 3 is 2.93 bits per heavy atom. The van der Waals surface area contributed by atoms with Crippen molar-refractivity contribution in [2.24, 2.45) is 10.8 Å². The van der Waals surface area contributed by atoms with E-state index in [0.717, 1.165) is 57.4 Å². The van der Waals surface area contributed by atoms with E-state index >= 15 is 0 Å². The van der Waals surface area contributed by atoms with Crippen molar-refractivity contribution in [2.45, 2.75) is 51.2 Å². The molecule has 1 unspecified atom stereocenters. The Morgan fingerprint density at radius 2 is 2.11 bits per heavy atom. The maximum Gasteiger partial charge on any atom is 0.410 e. The van der Waals surface area contributed by atoms with Crippen LogP contribution in [0.15, 0.2) is 54.1 Å². The lowest BCUT2D eigenvalue weighted by Gasteiger charge is -2.49. The first kappa shape index (κ1) is 18.0. The van der Waals surface area contributed by atoms with Gasteiger partial charge in [-0.3, -0.25) is 0 Å². The number of benzene rings is 1. The SMILES string of the molecule is CCOC[C@]12CCCN(C(=O)OCc3ccccc3)[C@]13CC31CC=CC=C1C2. The summed E-state index contributed by atoms with van der Waals surface area (Å²) in [6, 6.07) is 9.94. The van der Waals surface area contributed by atoms with Gasteiger partial charge in [-0.05, 0) is 44.6 Å². The highest BCUT2D eigenvalue weighted by atomic mass is 16.6. The van der Waals surface area contributed by atoms with E-state index in [0.29, 0.717) is 6.61 Å². The first-order chi connectivity index (χ1) is 13.7. The largest absolute Gasteiger partial charge is 0.445 e. The van der Waals surface area contributed by atoms with Crippen molar-refractivity contribution in [3.05, 3.63) is 59.7 Å². The lowest BCUT2D eigenvalue weighted by molar-refractivity contribution is -0.0566. The third kappa shape index (κ3) is 2.30. The normalized spacial score (nSPS) is 34.9. The third-order valence-corrected chi connectivity index (χ3v) is 7.65. The molecule has 1 saturated heterocycles. The molecule has 1 aromatic rings. The van der Waals surface area contributed by atoms with Gasteiger partial charge in [0.05, 0.1) is 12.1 Å². The summed E-state index contributed by atoms with van der Waals surface area (Å²) in [7, 11) is 0. The number of hydrogen-bond acceptors (Lipinski definition) is 3. The molecule has 4 heteroatoms. The quantitative estimate of drug-likeness (QED) is 0.733. The molecule has 4 aliphatic rings. The number of ether oxygens (including phenoxy) is 2. The van der Waals surface area contributed by atoms with E-state index in [-0.39, 0.29) is 22.5 Å². The Balaban J connectivity index is 1.44. The Hall–Kier alpha value is -2.07. The molecule has 0 aromatic heterocycles. The van der Waals surface area contributed by atoms with Gasteiger partial charge in [-0.1, -0.05) is 54.1 Å². The maximum absolute atomic E-state index is 13.3. The van der Waals surface area contributed by atoms with E-state index in [2.05, 4.69) is 30.1 Å². The lowest BCUT2D eigenvalue weighted by Crippen LogP contribution is -2.58. The number of carbonyl (C=O) groups is 1. The fourth-order valence-corrected chi connectivity index (χ4v) is 6.48. The highest BCUT2D eigenvalue weighted by Gasteiger charge is 2.84. The van der Waals surface area contributed by atoms with Crippen LogP contribution < -0.4 is 0 Å². The van der Waals surface area contributed by atoms with Crippen molar-refractivity contribution in [3.8, 4) is 0 Å². The van der Waals surface area contributed by atoms with Crippen LogP contribution in [0.3, 0.4) is 0 Å². The number of rotatable bonds is 5. The summed E-state index contributed by atoms with van der Waals surface area (Å²) >= 11 is 0. The molecule has 0 bridgehead atoms. The minimum atomic E-state index is -0.155. The zero-order valence-electron chi connectivity index (χ0n) is 16.7. The van der Waals surface area contributed by atoms with Crippen LogP contribution in [-0.4, -0.2) is 36.3 Å². The number of carbonyl (C=O) groups excluding carboxylic acids is 1. The molecular formula is C24H29NO3. The number of nitrogens with zero attached hydrogens (tertiary/aromatic N) is 1.